The zero-order valence-corrected chi connectivity index (χ0v) is 7.80. The highest BCUT2D eigenvalue weighted by Gasteiger charge is 2.09. The standard InChI is InChI=1S/C10H19NO/c1-2-9-12-10-5-8-11-6-3-4-7-11/h2H,1,3-10H2. The normalized spacial score (nSPS) is 18.3. The molecule has 1 aliphatic heterocycles. The van der Waals surface area contributed by atoms with Gasteiger partial charge in [-0.3, -0.25) is 0 Å². The smallest absolute Gasteiger partial charge is 0.0644 e. The van der Waals surface area contributed by atoms with Gasteiger partial charge in [0.2, 0.25) is 0 Å². The van der Waals surface area contributed by atoms with Crippen LogP contribution in [0.15, 0.2) is 12.7 Å². The van der Waals surface area contributed by atoms with Crippen LogP contribution in [0.4, 0.5) is 0 Å². The van der Waals surface area contributed by atoms with E-state index in [-0.39, 0.29) is 0 Å². The van der Waals surface area contributed by atoms with Gasteiger partial charge in [-0.15, -0.1) is 6.58 Å². The Balaban J connectivity index is 1.84. The zero-order chi connectivity index (χ0) is 8.65. The van der Waals surface area contributed by atoms with Crippen molar-refractivity contribution in [1.29, 1.82) is 0 Å². The molecule has 0 spiro atoms. The molecule has 0 saturated carbocycles. The van der Waals surface area contributed by atoms with Crippen molar-refractivity contribution in [3.63, 3.8) is 0 Å². The largest absolute Gasteiger partial charge is 0.377 e. The maximum atomic E-state index is 5.30. The van der Waals surface area contributed by atoms with E-state index in [0.717, 1.165) is 13.0 Å². The second-order valence-corrected chi connectivity index (χ2v) is 3.27. The molecule has 0 aromatic heterocycles. The van der Waals surface area contributed by atoms with E-state index in [2.05, 4.69) is 11.5 Å². The molecule has 1 heterocycles. The molecule has 0 aromatic carbocycles. The summed E-state index contributed by atoms with van der Waals surface area (Å²) in [6.45, 7) is 8.96. The average molecular weight is 169 g/mol. The summed E-state index contributed by atoms with van der Waals surface area (Å²) in [5, 5.41) is 0. The highest BCUT2D eigenvalue weighted by atomic mass is 16.5. The van der Waals surface area contributed by atoms with Crippen molar-refractivity contribution < 1.29 is 4.74 Å². The molecule has 70 valence electrons. The summed E-state index contributed by atoms with van der Waals surface area (Å²) < 4.78 is 5.30. The Bertz CT molecular complexity index is 119. The van der Waals surface area contributed by atoms with Gasteiger partial charge in [0.1, 0.15) is 0 Å². The third-order valence-corrected chi connectivity index (χ3v) is 2.20. The van der Waals surface area contributed by atoms with Gasteiger partial charge < -0.3 is 9.64 Å². The summed E-state index contributed by atoms with van der Waals surface area (Å²) >= 11 is 0. The van der Waals surface area contributed by atoms with Crippen LogP contribution in [0, 0.1) is 0 Å². The van der Waals surface area contributed by atoms with Crippen LogP contribution in [-0.2, 0) is 4.74 Å². The molecule has 0 amide bonds. The topological polar surface area (TPSA) is 12.5 Å². The summed E-state index contributed by atoms with van der Waals surface area (Å²) in [7, 11) is 0. The first-order chi connectivity index (χ1) is 5.93. The Morgan fingerprint density at radius 1 is 1.33 bits per heavy atom. The van der Waals surface area contributed by atoms with Gasteiger partial charge in [0.25, 0.3) is 0 Å². The molecule has 0 aliphatic carbocycles. The molecule has 0 N–H and O–H groups in total. The van der Waals surface area contributed by atoms with E-state index >= 15 is 0 Å². The van der Waals surface area contributed by atoms with Crippen molar-refractivity contribution in [2.24, 2.45) is 0 Å². The number of hydrogen-bond donors (Lipinski definition) is 0. The molecular formula is C10H19NO. The first-order valence-electron chi connectivity index (χ1n) is 4.84. The van der Waals surface area contributed by atoms with Gasteiger partial charge in [-0.25, -0.2) is 0 Å². The average Bonchev–Trinajstić information content (AvgIpc) is 2.57. The fourth-order valence-corrected chi connectivity index (χ4v) is 1.56. The maximum Gasteiger partial charge on any atom is 0.0644 e. The van der Waals surface area contributed by atoms with Crippen LogP contribution in [0.5, 0.6) is 0 Å². The molecule has 2 nitrogen and oxygen atoms in total. The third-order valence-electron chi connectivity index (χ3n) is 2.20. The number of rotatable bonds is 6. The van der Waals surface area contributed by atoms with Crippen LogP contribution in [0.2, 0.25) is 0 Å². The fraction of sp³-hybridized carbons (Fsp3) is 0.800. The van der Waals surface area contributed by atoms with Crippen molar-refractivity contribution in [2.75, 3.05) is 32.8 Å². The molecule has 0 unspecified atom stereocenters. The molecule has 0 radical (unpaired) electrons. The molecule has 12 heavy (non-hydrogen) atoms. The predicted octanol–water partition coefficient (Wildman–Crippen LogP) is 1.67. The van der Waals surface area contributed by atoms with Gasteiger partial charge in [-0.1, -0.05) is 6.08 Å². The molecule has 0 bridgehead atoms. The van der Waals surface area contributed by atoms with E-state index < -0.39 is 0 Å². The Labute approximate surface area is 75.2 Å². The van der Waals surface area contributed by atoms with Crippen molar-refractivity contribution in [1.82, 2.24) is 4.90 Å². The van der Waals surface area contributed by atoms with Crippen LogP contribution < -0.4 is 0 Å². The lowest BCUT2D eigenvalue weighted by Gasteiger charge is -2.13. The Hall–Kier alpha value is -0.340. The van der Waals surface area contributed by atoms with Gasteiger partial charge in [0.15, 0.2) is 0 Å². The van der Waals surface area contributed by atoms with Gasteiger partial charge >= 0.3 is 0 Å². The predicted molar refractivity (Wildman–Crippen MR) is 51.3 cm³/mol. The van der Waals surface area contributed by atoms with Crippen molar-refractivity contribution >= 4 is 0 Å². The van der Waals surface area contributed by atoms with Crippen molar-refractivity contribution in [3.05, 3.63) is 12.7 Å². The summed E-state index contributed by atoms with van der Waals surface area (Å²) in [5.41, 5.74) is 0. The first-order valence-corrected chi connectivity index (χ1v) is 4.84. The van der Waals surface area contributed by atoms with Gasteiger partial charge in [-0.05, 0) is 32.4 Å². The summed E-state index contributed by atoms with van der Waals surface area (Å²) in [6.07, 6.45) is 5.73. The molecule has 2 heteroatoms. The molecule has 1 aliphatic rings. The van der Waals surface area contributed by atoms with Crippen molar-refractivity contribution in [2.45, 2.75) is 19.3 Å². The zero-order valence-electron chi connectivity index (χ0n) is 7.80. The van der Waals surface area contributed by atoms with Gasteiger partial charge in [0.05, 0.1) is 6.61 Å². The van der Waals surface area contributed by atoms with E-state index in [4.69, 9.17) is 4.74 Å². The lowest BCUT2D eigenvalue weighted by Crippen LogP contribution is -2.21. The lowest BCUT2D eigenvalue weighted by molar-refractivity contribution is 0.148. The van der Waals surface area contributed by atoms with Crippen LogP contribution >= 0.6 is 0 Å². The molecule has 1 saturated heterocycles. The maximum absolute atomic E-state index is 5.30. The van der Waals surface area contributed by atoms with Gasteiger partial charge in [-0.2, -0.15) is 0 Å². The summed E-state index contributed by atoms with van der Waals surface area (Å²) in [5.74, 6) is 0. The minimum atomic E-state index is 0.694. The second-order valence-electron chi connectivity index (χ2n) is 3.27. The van der Waals surface area contributed by atoms with Crippen LogP contribution in [0.1, 0.15) is 19.3 Å². The van der Waals surface area contributed by atoms with Crippen LogP contribution in [0.3, 0.4) is 0 Å². The highest BCUT2D eigenvalue weighted by molar-refractivity contribution is 4.66. The molecule has 0 atom stereocenters. The quantitative estimate of drug-likeness (QED) is 0.443. The Morgan fingerprint density at radius 2 is 2.08 bits per heavy atom. The van der Waals surface area contributed by atoms with E-state index in [9.17, 15) is 0 Å². The molecular weight excluding hydrogens is 150 g/mol. The molecule has 1 fully saturated rings. The minimum Gasteiger partial charge on any atom is -0.377 e. The third kappa shape index (κ3) is 3.88. The van der Waals surface area contributed by atoms with E-state index in [1.807, 2.05) is 0 Å². The minimum absolute atomic E-state index is 0.694. The fourth-order valence-electron chi connectivity index (χ4n) is 1.56. The second kappa shape index (κ2) is 6.21. The number of nitrogens with zero attached hydrogens (tertiary/aromatic N) is 1. The molecule has 1 rings (SSSR count). The van der Waals surface area contributed by atoms with E-state index in [0.29, 0.717) is 6.61 Å². The molecule has 0 aromatic rings. The van der Waals surface area contributed by atoms with Crippen LogP contribution in [-0.4, -0.2) is 37.7 Å². The van der Waals surface area contributed by atoms with Crippen molar-refractivity contribution in [3.8, 4) is 0 Å². The first kappa shape index (κ1) is 9.75. The number of likely N-dealkylation sites (tertiary alicyclic amines) is 1. The SMILES string of the molecule is C=CCOCCCN1CCCC1. The van der Waals surface area contributed by atoms with E-state index in [1.54, 1.807) is 6.08 Å². The number of ether oxygens (including phenoxy) is 1. The Kier molecular flexibility index (Phi) is 5.04. The van der Waals surface area contributed by atoms with E-state index in [1.165, 1.54) is 32.5 Å². The summed E-state index contributed by atoms with van der Waals surface area (Å²) in [4.78, 5) is 2.51. The lowest BCUT2D eigenvalue weighted by atomic mass is 10.4. The number of hydrogen-bond acceptors (Lipinski definition) is 2. The summed E-state index contributed by atoms with van der Waals surface area (Å²) in [6, 6.07) is 0. The van der Waals surface area contributed by atoms with Gasteiger partial charge in [0, 0.05) is 13.2 Å². The Morgan fingerprint density at radius 3 is 2.75 bits per heavy atom. The van der Waals surface area contributed by atoms with Crippen LogP contribution in [0.25, 0.3) is 0 Å². The highest BCUT2D eigenvalue weighted by Crippen LogP contribution is 2.07. The monoisotopic (exact) mass is 169 g/mol.